The Labute approximate surface area is 192 Å². The maximum atomic E-state index is 12.2. The zero-order valence-corrected chi connectivity index (χ0v) is 19.9. The molecule has 1 aliphatic rings. The average Bonchev–Trinajstić information content (AvgIpc) is 3.07. The van der Waals surface area contributed by atoms with Crippen LogP contribution in [-0.4, -0.2) is 34.1 Å². The Kier molecular flexibility index (Phi) is 13.9. The monoisotopic (exact) mass is 454 g/mol. The number of hydrogen-bond donors (Lipinski definition) is 2. The smallest absolute Gasteiger partial charge is 0.317 e. The average molecular weight is 455 g/mol. The molecule has 32 heavy (non-hydrogen) atoms. The van der Waals surface area contributed by atoms with Gasteiger partial charge in [0.25, 0.3) is 0 Å². The standard InChI is InChI=1S/C25H42O7/c1-3-5-7-8-9-11-13-18(20(24(29)30)16-22(26)27)14-15-19(12-10-6-4-2)21-17-23(28)32-25(21)31/h18-21H,3-17H2,1-2H3,(H,26,27)(H,29,30). The Balaban J connectivity index is 2.82. The van der Waals surface area contributed by atoms with Gasteiger partial charge in [0.05, 0.1) is 24.7 Å². The fourth-order valence-corrected chi connectivity index (χ4v) is 4.86. The summed E-state index contributed by atoms with van der Waals surface area (Å²) < 4.78 is 4.77. The van der Waals surface area contributed by atoms with E-state index in [1.165, 1.54) is 6.42 Å². The van der Waals surface area contributed by atoms with Crippen LogP contribution in [0.5, 0.6) is 0 Å². The highest BCUT2D eigenvalue weighted by Gasteiger charge is 2.39. The first-order valence-electron chi connectivity index (χ1n) is 12.5. The summed E-state index contributed by atoms with van der Waals surface area (Å²) in [6.07, 6.45) is 11.9. The minimum absolute atomic E-state index is 0.0353. The molecule has 0 amide bonds. The van der Waals surface area contributed by atoms with E-state index in [-0.39, 0.29) is 24.7 Å². The molecule has 0 aromatic heterocycles. The lowest BCUT2D eigenvalue weighted by atomic mass is 9.76. The van der Waals surface area contributed by atoms with E-state index in [9.17, 15) is 29.4 Å². The molecular weight excluding hydrogens is 412 g/mol. The van der Waals surface area contributed by atoms with Crippen LogP contribution in [0.4, 0.5) is 0 Å². The number of unbranched alkanes of at least 4 members (excludes halogenated alkanes) is 7. The number of esters is 2. The summed E-state index contributed by atoms with van der Waals surface area (Å²) in [5.41, 5.74) is 0. The van der Waals surface area contributed by atoms with Crippen molar-refractivity contribution >= 4 is 23.9 Å². The molecule has 1 heterocycles. The molecule has 0 aromatic rings. The molecule has 0 aliphatic carbocycles. The van der Waals surface area contributed by atoms with Crippen LogP contribution in [-0.2, 0) is 23.9 Å². The molecule has 7 heteroatoms. The van der Waals surface area contributed by atoms with Crippen molar-refractivity contribution in [3.05, 3.63) is 0 Å². The first-order chi connectivity index (χ1) is 15.3. The molecule has 0 spiro atoms. The van der Waals surface area contributed by atoms with Gasteiger partial charge in [-0.25, -0.2) is 0 Å². The lowest BCUT2D eigenvalue weighted by Crippen LogP contribution is -2.28. The van der Waals surface area contributed by atoms with E-state index in [2.05, 4.69) is 13.8 Å². The molecule has 1 fully saturated rings. The van der Waals surface area contributed by atoms with E-state index in [0.717, 1.165) is 57.8 Å². The van der Waals surface area contributed by atoms with Gasteiger partial charge in [-0.3, -0.25) is 19.2 Å². The maximum absolute atomic E-state index is 12.2. The van der Waals surface area contributed by atoms with Crippen LogP contribution in [0.3, 0.4) is 0 Å². The largest absolute Gasteiger partial charge is 0.481 e. The lowest BCUT2D eigenvalue weighted by molar-refractivity contribution is -0.154. The van der Waals surface area contributed by atoms with Gasteiger partial charge < -0.3 is 14.9 Å². The number of carboxylic acid groups (broad SMARTS) is 2. The minimum atomic E-state index is -1.10. The van der Waals surface area contributed by atoms with Gasteiger partial charge in [0, 0.05) is 0 Å². The predicted octanol–water partition coefficient (Wildman–Crippen LogP) is 5.60. The topological polar surface area (TPSA) is 118 Å². The second-order valence-electron chi connectivity index (χ2n) is 9.30. The van der Waals surface area contributed by atoms with E-state index in [0.29, 0.717) is 19.3 Å². The Hall–Kier alpha value is -1.92. The molecule has 0 aromatic carbocycles. The summed E-state index contributed by atoms with van der Waals surface area (Å²) >= 11 is 0. The van der Waals surface area contributed by atoms with Gasteiger partial charge in [0.15, 0.2) is 0 Å². The van der Waals surface area contributed by atoms with Gasteiger partial charge in [-0.05, 0) is 37.5 Å². The quantitative estimate of drug-likeness (QED) is 0.148. The summed E-state index contributed by atoms with van der Waals surface area (Å²) in [6.45, 7) is 4.26. The molecule has 2 N–H and O–H groups in total. The normalized spacial score (nSPS) is 18.9. The molecule has 0 bridgehead atoms. The van der Waals surface area contributed by atoms with E-state index < -0.39 is 35.7 Å². The van der Waals surface area contributed by atoms with Crippen molar-refractivity contribution in [2.24, 2.45) is 23.7 Å². The summed E-state index contributed by atoms with van der Waals surface area (Å²) in [5.74, 6) is -4.81. The number of ether oxygens (including phenoxy) is 1. The molecule has 1 rings (SSSR count). The number of carbonyl (C=O) groups is 4. The molecule has 1 saturated heterocycles. The highest BCUT2D eigenvalue weighted by Crippen LogP contribution is 2.36. The van der Waals surface area contributed by atoms with Crippen molar-refractivity contribution in [3.63, 3.8) is 0 Å². The Bertz CT molecular complexity index is 601. The third kappa shape index (κ3) is 10.6. The van der Waals surface area contributed by atoms with E-state index in [1.807, 2.05) is 0 Å². The number of carbonyl (C=O) groups excluding carboxylic acids is 2. The highest BCUT2D eigenvalue weighted by atomic mass is 16.6. The first-order valence-corrected chi connectivity index (χ1v) is 12.5. The van der Waals surface area contributed by atoms with Crippen molar-refractivity contribution in [2.45, 2.75) is 110 Å². The summed E-state index contributed by atoms with van der Waals surface area (Å²) in [6, 6.07) is 0. The summed E-state index contributed by atoms with van der Waals surface area (Å²) in [4.78, 5) is 47.0. The Morgan fingerprint density at radius 3 is 2.03 bits per heavy atom. The van der Waals surface area contributed by atoms with Crippen molar-refractivity contribution in [1.82, 2.24) is 0 Å². The third-order valence-corrected chi connectivity index (χ3v) is 6.77. The summed E-state index contributed by atoms with van der Waals surface area (Å²) in [5, 5.41) is 19.0. The van der Waals surface area contributed by atoms with Gasteiger partial charge in [-0.2, -0.15) is 0 Å². The molecule has 1 aliphatic heterocycles. The van der Waals surface area contributed by atoms with Gasteiger partial charge >= 0.3 is 23.9 Å². The molecule has 4 atom stereocenters. The van der Waals surface area contributed by atoms with Crippen molar-refractivity contribution in [2.75, 3.05) is 0 Å². The van der Waals surface area contributed by atoms with Gasteiger partial charge in [-0.1, -0.05) is 71.6 Å². The van der Waals surface area contributed by atoms with E-state index in [1.54, 1.807) is 0 Å². The van der Waals surface area contributed by atoms with Crippen molar-refractivity contribution in [3.8, 4) is 0 Å². The lowest BCUT2D eigenvalue weighted by Gasteiger charge is -2.27. The van der Waals surface area contributed by atoms with E-state index >= 15 is 0 Å². The zero-order valence-electron chi connectivity index (χ0n) is 19.9. The predicted molar refractivity (Wildman–Crippen MR) is 121 cm³/mol. The van der Waals surface area contributed by atoms with Gasteiger partial charge in [-0.15, -0.1) is 0 Å². The Morgan fingerprint density at radius 2 is 1.47 bits per heavy atom. The van der Waals surface area contributed by atoms with Crippen molar-refractivity contribution < 1.29 is 34.1 Å². The fourth-order valence-electron chi connectivity index (χ4n) is 4.86. The number of carboxylic acids is 2. The first kappa shape index (κ1) is 28.1. The Morgan fingerprint density at radius 1 is 0.875 bits per heavy atom. The molecule has 184 valence electrons. The second kappa shape index (κ2) is 15.8. The molecule has 0 saturated carbocycles. The van der Waals surface area contributed by atoms with Crippen LogP contribution in [0.1, 0.15) is 110 Å². The minimum Gasteiger partial charge on any atom is -0.481 e. The fraction of sp³-hybridized carbons (Fsp3) is 0.840. The molecule has 0 radical (unpaired) electrons. The van der Waals surface area contributed by atoms with Crippen LogP contribution in [0.15, 0.2) is 0 Å². The maximum Gasteiger partial charge on any atom is 0.317 e. The van der Waals surface area contributed by atoms with Crippen LogP contribution in [0, 0.1) is 23.7 Å². The molecule has 7 nitrogen and oxygen atoms in total. The van der Waals surface area contributed by atoms with Crippen LogP contribution in [0.2, 0.25) is 0 Å². The van der Waals surface area contributed by atoms with Crippen LogP contribution >= 0.6 is 0 Å². The zero-order chi connectivity index (χ0) is 23.9. The molecular formula is C25H42O7. The van der Waals surface area contributed by atoms with Crippen LogP contribution in [0.25, 0.3) is 0 Å². The number of hydrogen-bond acceptors (Lipinski definition) is 5. The number of aliphatic carboxylic acids is 2. The van der Waals surface area contributed by atoms with Gasteiger partial charge in [0.2, 0.25) is 0 Å². The number of cyclic esters (lactones) is 2. The second-order valence-corrected chi connectivity index (χ2v) is 9.30. The third-order valence-electron chi connectivity index (χ3n) is 6.77. The van der Waals surface area contributed by atoms with E-state index in [4.69, 9.17) is 4.74 Å². The highest BCUT2D eigenvalue weighted by molar-refractivity contribution is 5.94. The van der Waals surface area contributed by atoms with Crippen LogP contribution < -0.4 is 0 Å². The van der Waals surface area contributed by atoms with Gasteiger partial charge in [0.1, 0.15) is 0 Å². The number of rotatable bonds is 19. The molecule has 4 unspecified atom stereocenters. The summed E-state index contributed by atoms with van der Waals surface area (Å²) in [7, 11) is 0. The SMILES string of the molecule is CCCCCCCCC(CCC(CCCCC)C1CC(=O)OC1=O)C(CC(=O)O)C(=O)O. The van der Waals surface area contributed by atoms with Crippen molar-refractivity contribution in [1.29, 1.82) is 0 Å².